The Hall–Kier alpha value is -7.98. The summed E-state index contributed by atoms with van der Waals surface area (Å²) in [6.07, 6.45) is 0. The number of fused-ring (bicyclic) bond motifs is 20. The van der Waals surface area contributed by atoms with Crippen molar-refractivity contribution in [3.05, 3.63) is 253 Å². The van der Waals surface area contributed by atoms with Crippen LogP contribution < -0.4 is 0 Å². The molecule has 1 spiro atoms. The monoisotopic (exact) mass is 934 g/mol. The van der Waals surface area contributed by atoms with Crippen LogP contribution in [0.5, 0.6) is 0 Å². The first-order valence-corrected chi connectivity index (χ1v) is 28.5. The quantitative estimate of drug-likeness (QED) is 0.155. The molecular weight excluding hydrogens is 891 g/mol. The number of hydrogen-bond donors (Lipinski definition) is 0. The van der Waals surface area contributed by atoms with Crippen LogP contribution in [-0.4, -0.2) is 0 Å². The highest BCUT2D eigenvalue weighted by Crippen LogP contribution is 2.66. The van der Waals surface area contributed by atoms with Crippen molar-refractivity contribution in [2.45, 2.75) is 5.41 Å². The highest BCUT2D eigenvalue weighted by atomic mass is 31.1. The standard InChI is InChI=1S/C69H44P2/c1-70-60-34-11-7-22-51(60)65-47(28-16-36-62(65)70)43-24-13-26-49-54(43)40-55-44(48-29-17-37-63-66(48)52-23-8-12-35-61(52)71(63)2)25-14-27-50(55)64(49)53-30-15-33-58-68(53)67-42-19-4-3-18-41(42)38-39-59(67)69(58)56-31-9-5-20-45(56)46-21-6-10-32-57(46)69/h3-40H,1-2H3. The Bertz CT molecular complexity index is 4450. The van der Waals surface area contributed by atoms with Crippen LogP contribution in [0.25, 0.3) is 130 Å². The van der Waals surface area contributed by atoms with Crippen molar-refractivity contribution < 1.29 is 0 Å². The number of hydrogen-bond acceptors (Lipinski definition) is 0. The Kier molecular flexibility index (Phi) is 8.16. The SMILES string of the molecule is Cp1c2ccccc2c2c(-c3cccc4c(-c5cccc6c5-c5c(ccc7ccccc57)C65c6ccccc6-c6ccccc65)c5cccc(-c6cccc7c6c6ccccc6p7C)c5cc34)cccc21. The Morgan fingerprint density at radius 3 is 1.27 bits per heavy atom. The summed E-state index contributed by atoms with van der Waals surface area (Å²) in [4.78, 5) is 0. The van der Waals surface area contributed by atoms with Crippen molar-refractivity contribution in [2.75, 3.05) is 0 Å². The van der Waals surface area contributed by atoms with Gasteiger partial charge in [0, 0.05) is 31.2 Å². The van der Waals surface area contributed by atoms with E-state index in [1.165, 1.54) is 152 Å². The molecule has 0 bridgehead atoms. The van der Waals surface area contributed by atoms with Crippen molar-refractivity contribution in [1.82, 2.24) is 0 Å². The molecule has 2 heterocycles. The second-order valence-corrected chi connectivity index (χ2v) is 24.0. The van der Waals surface area contributed by atoms with Crippen LogP contribution in [0.3, 0.4) is 0 Å². The Labute approximate surface area is 414 Å². The minimum atomic E-state index is -0.485. The van der Waals surface area contributed by atoms with Crippen molar-refractivity contribution in [3.63, 3.8) is 0 Å². The molecule has 0 radical (unpaired) electrons. The maximum atomic E-state index is 2.57. The average Bonchev–Trinajstić information content (AvgIpc) is 4.12. The molecule has 16 rings (SSSR count). The molecule has 0 saturated heterocycles. The van der Waals surface area contributed by atoms with Gasteiger partial charge in [0.2, 0.25) is 0 Å². The van der Waals surface area contributed by atoms with E-state index < -0.39 is 20.5 Å². The molecule has 14 aromatic rings. The second-order valence-electron chi connectivity index (χ2n) is 19.9. The minimum Gasteiger partial charge on any atom is -0.112 e. The van der Waals surface area contributed by atoms with Gasteiger partial charge in [0.1, 0.15) is 0 Å². The lowest BCUT2D eigenvalue weighted by Gasteiger charge is -2.30. The summed E-state index contributed by atoms with van der Waals surface area (Å²) in [7, 11) is -0.932. The fourth-order valence-corrected chi connectivity index (χ4v) is 18.0. The Balaban J connectivity index is 1.10. The minimum absolute atomic E-state index is 0.466. The Morgan fingerprint density at radius 2 is 0.662 bits per heavy atom. The van der Waals surface area contributed by atoms with E-state index in [1.54, 1.807) is 0 Å². The van der Waals surface area contributed by atoms with Gasteiger partial charge in [0.05, 0.1) is 5.41 Å². The topological polar surface area (TPSA) is 0 Å². The van der Waals surface area contributed by atoms with E-state index in [1.807, 2.05) is 0 Å². The van der Waals surface area contributed by atoms with Crippen molar-refractivity contribution >= 4 is 89.4 Å². The first-order valence-electron chi connectivity index (χ1n) is 24.9. The summed E-state index contributed by atoms with van der Waals surface area (Å²) in [5.74, 6) is 0. The van der Waals surface area contributed by atoms with Gasteiger partial charge >= 0.3 is 0 Å². The lowest BCUT2D eigenvalue weighted by atomic mass is 9.70. The zero-order valence-electron chi connectivity index (χ0n) is 39.3. The van der Waals surface area contributed by atoms with Gasteiger partial charge in [0.15, 0.2) is 0 Å². The number of aryl methyl sites for hydroxylation is 2. The van der Waals surface area contributed by atoms with Gasteiger partial charge in [-0.05, 0) is 140 Å². The molecule has 12 aromatic carbocycles. The molecule has 2 atom stereocenters. The molecule has 2 aliphatic carbocycles. The fourth-order valence-electron chi connectivity index (χ4n) is 14.0. The summed E-state index contributed by atoms with van der Waals surface area (Å²) in [6, 6.07) is 88.9. The van der Waals surface area contributed by atoms with Gasteiger partial charge in [-0.25, -0.2) is 0 Å². The van der Waals surface area contributed by atoms with Gasteiger partial charge < -0.3 is 0 Å². The van der Waals surface area contributed by atoms with Gasteiger partial charge in [-0.2, -0.15) is 0 Å². The number of benzene rings is 12. The second kappa shape index (κ2) is 14.5. The van der Waals surface area contributed by atoms with Crippen molar-refractivity contribution in [2.24, 2.45) is 13.3 Å². The van der Waals surface area contributed by atoms with E-state index in [2.05, 4.69) is 244 Å². The molecular formula is C69H44P2. The van der Waals surface area contributed by atoms with Gasteiger partial charge in [0.25, 0.3) is 0 Å². The number of rotatable bonds is 3. The Morgan fingerprint density at radius 1 is 0.254 bits per heavy atom. The van der Waals surface area contributed by atoms with Crippen LogP contribution >= 0.6 is 15.1 Å². The van der Waals surface area contributed by atoms with Crippen LogP contribution in [0.4, 0.5) is 0 Å². The zero-order valence-corrected chi connectivity index (χ0v) is 41.1. The van der Waals surface area contributed by atoms with E-state index >= 15 is 0 Å². The summed E-state index contributed by atoms with van der Waals surface area (Å²) in [6.45, 7) is 4.88. The van der Waals surface area contributed by atoms with E-state index in [0.29, 0.717) is 0 Å². The predicted molar refractivity (Wildman–Crippen MR) is 309 cm³/mol. The molecule has 2 unspecified atom stereocenters. The molecule has 330 valence electrons. The van der Waals surface area contributed by atoms with Crippen LogP contribution in [0.2, 0.25) is 0 Å². The fraction of sp³-hybridized carbons (Fsp3) is 0.0435. The van der Waals surface area contributed by atoms with E-state index in [4.69, 9.17) is 0 Å². The smallest absolute Gasteiger partial charge is 0.0725 e. The van der Waals surface area contributed by atoms with Crippen molar-refractivity contribution in [3.8, 4) is 55.6 Å². The largest absolute Gasteiger partial charge is 0.112 e. The third-order valence-electron chi connectivity index (χ3n) is 16.8. The molecule has 0 nitrogen and oxygen atoms in total. The third-order valence-corrected chi connectivity index (χ3v) is 21.2. The average molecular weight is 935 g/mol. The molecule has 0 fully saturated rings. The highest BCUT2D eigenvalue weighted by Gasteiger charge is 2.52. The molecule has 2 aliphatic rings. The molecule has 2 heteroatoms. The summed E-state index contributed by atoms with van der Waals surface area (Å²) in [5.41, 5.74) is 18.1. The maximum absolute atomic E-state index is 2.57. The summed E-state index contributed by atoms with van der Waals surface area (Å²) < 4.78 is 0. The van der Waals surface area contributed by atoms with Crippen LogP contribution in [0.15, 0.2) is 231 Å². The lowest BCUT2D eigenvalue weighted by Crippen LogP contribution is -2.25. The third kappa shape index (κ3) is 5.07. The van der Waals surface area contributed by atoms with Gasteiger partial charge in [-0.3, -0.25) is 0 Å². The molecule has 0 N–H and O–H groups in total. The first-order chi connectivity index (χ1) is 35.1. The van der Waals surface area contributed by atoms with Crippen LogP contribution in [0.1, 0.15) is 22.3 Å². The van der Waals surface area contributed by atoms with E-state index in [-0.39, 0.29) is 0 Å². The predicted octanol–water partition coefficient (Wildman–Crippen LogP) is 20.2. The van der Waals surface area contributed by atoms with Gasteiger partial charge in [-0.1, -0.05) is 224 Å². The van der Waals surface area contributed by atoms with Gasteiger partial charge in [-0.15, -0.1) is 15.1 Å². The lowest BCUT2D eigenvalue weighted by molar-refractivity contribution is 0.794. The molecule has 2 aromatic heterocycles. The molecule has 0 aliphatic heterocycles. The highest BCUT2D eigenvalue weighted by molar-refractivity contribution is 7.60. The summed E-state index contributed by atoms with van der Waals surface area (Å²) in [5, 5.41) is 19.1. The molecule has 0 saturated carbocycles. The summed E-state index contributed by atoms with van der Waals surface area (Å²) >= 11 is 0. The van der Waals surface area contributed by atoms with Crippen LogP contribution in [-0.2, 0) is 18.7 Å². The van der Waals surface area contributed by atoms with E-state index in [9.17, 15) is 0 Å². The normalized spacial score (nSPS) is 13.8. The maximum Gasteiger partial charge on any atom is 0.0725 e. The zero-order chi connectivity index (χ0) is 46.7. The van der Waals surface area contributed by atoms with Crippen molar-refractivity contribution in [1.29, 1.82) is 0 Å². The molecule has 0 amide bonds. The molecule has 71 heavy (non-hydrogen) atoms. The van der Waals surface area contributed by atoms with Crippen LogP contribution in [0, 0.1) is 0 Å². The van der Waals surface area contributed by atoms with E-state index in [0.717, 1.165) is 0 Å². The first kappa shape index (κ1) is 39.8.